The Bertz CT molecular complexity index is 787. The maximum atomic E-state index is 12.9. The molecule has 0 spiro atoms. The van der Waals surface area contributed by atoms with Crippen molar-refractivity contribution in [1.29, 1.82) is 0 Å². The van der Waals surface area contributed by atoms with Crippen LogP contribution in [0.1, 0.15) is 28.8 Å². The summed E-state index contributed by atoms with van der Waals surface area (Å²) in [6.45, 7) is 1.46. The summed E-state index contributed by atoms with van der Waals surface area (Å²) in [6.07, 6.45) is 1.25. The fourth-order valence-corrected chi connectivity index (χ4v) is 3.27. The maximum Gasteiger partial charge on any atom is 0.253 e. The zero-order valence-electron chi connectivity index (χ0n) is 14.3. The Morgan fingerprint density at radius 2 is 1.81 bits per heavy atom. The molecule has 1 fully saturated rings. The Hall–Kier alpha value is -2.40. The Labute approximate surface area is 157 Å². The van der Waals surface area contributed by atoms with E-state index in [9.17, 15) is 14.0 Å². The third kappa shape index (κ3) is 4.61. The monoisotopic (exact) mass is 374 g/mol. The van der Waals surface area contributed by atoms with E-state index in [-0.39, 0.29) is 23.5 Å². The summed E-state index contributed by atoms with van der Waals surface area (Å²) < 4.78 is 12.9. The molecule has 0 aromatic heterocycles. The van der Waals surface area contributed by atoms with Crippen molar-refractivity contribution in [2.45, 2.75) is 19.4 Å². The van der Waals surface area contributed by atoms with Gasteiger partial charge < -0.3 is 10.2 Å². The molecule has 0 aliphatic carbocycles. The van der Waals surface area contributed by atoms with Gasteiger partial charge in [-0.3, -0.25) is 9.59 Å². The van der Waals surface area contributed by atoms with E-state index in [1.807, 2.05) is 0 Å². The number of nitrogens with one attached hydrogen (secondary N) is 1. The first kappa shape index (κ1) is 18.4. The van der Waals surface area contributed by atoms with E-state index < -0.39 is 0 Å². The van der Waals surface area contributed by atoms with E-state index in [1.54, 1.807) is 41.3 Å². The molecule has 1 aliphatic heterocycles. The zero-order valence-corrected chi connectivity index (χ0v) is 15.0. The summed E-state index contributed by atoms with van der Waals surface area (Å²) in [5.41, 5.74) is 1.42. The van der Waals surface area contributed by atoms with Crippen molar-refractivity contribution in [3.05, 3.63) is 70.5 Å². The summed E-state index contributed by atoms with van der Waals surface area (Å²) in [7, 11) is 0. The molecule has 2 aromatic rings. The van der Waals surface area contributed by atoms with Gasteiger partial charge in [0, 0.05) is 36.1 Å². The number of hydrogen-bond acceptors (Lipinski definition) is 2. The molecule has 0 bridgehead atoms. The first-order valence-corrected chi connectivity index (χ1v) is 8.98. The van der Waals surface area contributed by atoms with Gasteiger partial charge in [-0.1, -0.05) is 29.8 Å². The molecule has 2 amide bonds. The predicted octanol–water partition coefficient (Wildman–Crippen LogP) is 3.65. The molecule has 0 radical (unpaired) electrons. The van der Waals surface area contributed by atoms with Crippen LogP contribution in [0.4, 0.5) is 4.39 Å². The standard InChI is InChI=1S/C20H20ClFN2O2/c21-17-3-1-2-16(12-17)20(26)24-10-8-15(9-11-24)19(25)23-13-14-4-6-18(22)7-5-14/h1-7,12,15H,8-11,13H2,(H,23,25). The summed E-state index contributed by atoms with van der Waals surface area (Å²) in [5, 5.41) is 3.42. The highest BCUT2D eigenvalue weighted by Gasteiger charge is 2.27. The predicted molar refractivity (Wildman–Crippen MR) is 98.3 cm³/mol. The number of piperidine rings is 1. The van der Waals surface area contributed by atoms with Crippen LogP contribution in [0.3, 0.4) is 0 Å². The van der Waals surface area contributed by atoms with Crippen LogP contribution in [0.5, 0.6) is 0 Å². The quantitative estimate of drug-likeness (QED) is 0.888. The van der Waals surface area contributed by atoms with Crippen molar-refractivity contribution in [3.63, 3.8) is 0 Å². The van der Waals surface area contributed by atoms with Gasteiger partial charge in [-0.2, -0.15) is 0 Å². The lowest BCUT2D eigenvalue weighted by Gasteiger charge is -2.31. The smallest absolute Gasteiger partial charge is 0.253 e. The first-order chi connectivity index (χ1) is 12.5. The summed E-state index contributed by atoms with van der Waals surface area (Å²) in [6, 6.07) is 13.0. The lowest BCUT2D eigenvalue weighted by molar-refractivity contribution is -0.126. The third-order valence-corrected chi connectivity index (χ3v) is 4.84. The fraction of sp³-hybridized carbons (Fsp3) is 0.300. The molecular weight excluding hydrogens is 355 g/mol. The zero-order chi connectivity index (χ0) is 18.5. The second kappa shape index (κ2) is 8.32. The van der Waals surface area contributed by atoms with Crippen LogP contribution in [0.25, 0.3) is 0 Å². The van der Waals surface area contributed by atoms with Crippen molar-refractivity contribution in [3.8, 4) is 0 Å². The normalized spacial score (nSPS) is 14.9. The number of carbonyl (C=O) groups excluding carboxylic acids is 2. The van der Waals surface area contributed by atoms with Gasteiger partial charge in [0.25, 0.3) is 5.91 Å². The average molecular weight is 375 g/mol. The van der Waals surface area contributed by atoms with E-state index in [2.05, 4.69) is 5.32 Å². The van der Waals surface area contributed by atoms with Crippen molar-refractivity contribution in [2.75, 3.05) is 13.1 Å². The van der Waals surface area contributed by atoms with Gasteiger partial charge in [-0.05, 0) is 48.7 Å². The SMILES string of the molecule is O=C(NCc1ccc(F)cc1)C1CCN(C(=O)c2cccc(Cl)c2)CC1. The second-order valence-corrected chi connectivity index (χ2v) is 6.86. The lowest BCUT2D eigenvalue weighted by Crippen LogP contribution is -2.42. The van der Waals surface area contributed by atoms with Gasteiger partial charge in [-0.25, -0.2) is 4.39 Å². The molecule has 3 rings (SSSR count). The Balaban J connectivity index is 1.49. The van der Waals surface area contributed by atoms with Crippen molar-refractivity contribution in [1.82, 2.24) is 10.2 Å². The highest BCUT2D eigenvalue weighted by molar-refractivity contribution is 6.30. The summed E-state index contributed by atoms with van der Waals surface area (Å²) >= 11 is 5.94. The van der Waals surface area contributed by atoms with Crippen LogP contribution in [0.15, 0.2) is 48.5 Å². The molecule has 0 unspecified atom stereocenters. The minimum Gasteiger partial charge on any atom is -0.352 e. The van der Waals surface area contributed by atoms with E-state index in [0.717, 1.165) is 5.56 Å². The fourth-order valence-electron chi connectivity index (χ4n) is 3.08. The van der Waals surface area contributed by atoms with Crippen LogP contribution < -0.4 is 5.32 Å². The molecule has 4 nitrogen and oxygen atoms in total. The number of carbonyl (C=O) groups is 2. The maximum absolute atomic E-state index is 12.9. The molecule has 26 heavy (non-hydrogen) atoms. The van der Waals surface area contributed by atoms with Crippen molar-refractivity contribution in [2.24, 2.45) is 5.92 Å². The summed E-state index contributed by atoms with van der Waals surface area (Å²) in [5.74, 6) is -0.488. The number of likely N-dealkylation sites (tertiary alicyclic amines) is 1. The highest BCUT2D eigenvalue weighted by Crippen LogP contribution is 2.20. The molecule has 136 valence electrons. The van der Waals surface area contributed by atoms with E-state index in [4.69, 9.17) is 11.6 Å². The Morgan fingerprint density at radius 3 is 2.46 bits per heavy atom. The van der Waals surface area contributed by atoms with E-state index >= 15 is 0 Å². The third-order valence-electron chi connectivity index (χ3n) is 4.60. The highest BCUT2D eigenvalue weighted by atomic mass is 35.5. The summed E-state index contributed by atoms with van der Waals surface area (Å²) in [4.78, 5) is 26.6. The number of rotatable bonds is 4. The largest absolute Gasteiger partial charge is 0.352 e. The molecule has 0 saturated carbocycles. The Kier molecular flexibility index (Phi) is 5.89. The minimum atomic E-state index is -0.295. The topological polar surface area (TPSA) is 49.4 Å². The molecule has 1 saturated heterocycles. The number of nitrogens with zero attached hydrogens (tertiary/aromatic N) is 1. The van der Waals surface area contributed by atoms with Gasteiger partial charge in [-0.15, -0.1) is 0 Å². The van der Waals surface area contributed by atoms with Crippen LogP contribution in [0.2, 0.25) is 5.02 Å². The van der Waals surface area contributed by atoms with Crippen LogP contribution in [-0.4, -0.2) is 29.8 Å². The molecular formula is C20H20ClFN2O2. The molecule has 6 heteroatoms. The number of halogens is 2. The molecule has 0 atom stereocenters. The van der Waals surface area contributed by atoms with Gasteiger partial charge in [0.05, 0.1) is 0 Å². The van der Waals surface area contributed by atoms with Crippen molar-refractivity contribution < 1.29 is 14.0 Å². The van der Waals surface area contributed by atoms with Crippen molar-refractivity contribution >= 4 is 23.4 Å². The van der Waals surface area contributed by atoms with E-state index in [0.29, 0.717) is 43.1 Å². The molecule has 1 heterocycles. The number of amides is 2. The van der Waals surface area contributed by atoms with Gasteiger partial charge in [0.15, 0.2) is 0 Å². The van der Waals surface area contributed by atoms with Gasteiger partial charge >= 0.3 is 0 Å². The Morgan fingerprint density at radius 1 is 1.12 bits per heavy atom. The first-order valence-electron chi connectivity index (χ1n) is 8.60. The molecule has 1 N–H and O–H groups in total. The number of benzene rings is 2. The lowest BCUT2D eigenvalue weighted by atomic mass is 9.95. The number of hydrogen-bond donors (Lipinski definition) is 1. The average Bonchev–Trinajstić information content (AvgIpc) is 2.67. The molecule has 2 aromatic carbocycles. The van der Waals surface area contributed by atoms with E-state index in [1.165, 1.54) is 12.1 Å². The minimum absolute atomic E-state index is 0.0239. The second-order valence-electron chi connectivity index (χ2n) is 6.42. The van der Waals surface area contributed by atoms with Gasteiger partial charge in [0.1, 0.15) is 5.82 Å². The van der Waals surface area contributed by atoms with Gasteiger partial charge in [0.2, 0.25) is 5.91 Å². The molecule has 1 aliphatic rings. The van der Waals surface area contributed by atoms with Crippen LogP contribution in [-0.2, 0) is 11.3 Å². The van der Waals surface area contributed by atoms with Crippen LogP contribution >= 0.6 is 11.6 Å². The van der Waals surface area contributed by atoms with Crippen LogP contribution in [0, 0.1) is 11.7 Å².